The van der Waals surface area contributed by atoms with Gasteiger partial charge in [0.25, 0.3) is 0 Å². The summed E-state index contributed by atoms with van der Waals surface area (Å²) in [5.41, 5.74) is 0.889. The van der Waals surface area contributed by atoms with Crippen molar-refractivity contribution in [3.05, 3.63) is 53.6 Å². The van der Waals surface area contributed by atoms with Crippen LogP contribution < -0.4 is 0 Å². The number of methoxy groups -OCH3 is 1. The number of hydrogen-bond acceptors (Lipinski definition) is 3. The summed E-state index contributed by atoms with van der Waals surface area (Å²) in [6.07, 6.45) is 1.19. The number of aliphatic carboxylic acids is 1. The molecule has 0 atom stereocenters. The highest BCUT2D eigenvalue weighted by Crippen LogP contribution is 2.18. The maximum Gasteiger partial charge on any atom is 0.334 e. The fraction of sp³-hybridized carbons (Fsp3) is 0.125. The third-order valence-electron chi connectivity index (χ3n) is 2.90. The van der Waals surface area contributed by atoms with Gasteiger partial charge in [-0.25, -0.2) is 4.79 Å². The zero-order valence-electron chi connectivity index (χ0n) is 11.0. The number of rotatable bonds is 4. The Kier molecular flexibility index (Phi) is 4.15. The van der Waals surface area contributed by atoms with Crippen molar-refractivity contribution < 1.29 is 19.4 Å². The van der Waals surface area contributed by atoms with Crippen molar-refractivity contribution in [3.8, 4) is 0 Å². The second-order valence-corrected chi connectivity index (χ2v) is 4.34. The van der Waals surface area contributed by atoms with Gasteiger partial charge in [0, 0.05) is 5.57 Å². The number of hydrogen-bond donors (Lipinski definition) is 1. The van der Waals surface area contributed by atoms with E-state index < -0.39 is 11.9 Å². The minimum Gasteiger partial charge on any atom is -0.481 e. The lowest BCUT2D eigenvalue weighted by Gasteiger charge is -2.04. The lowest BCUT2D eigenvalue weighted by molar-refractivity contribution is -0.141. The summed E-state index contributed by atoms with van der Waals surface area (Å²) in [5.74, 6) is -1.69. The van der Waals surface area contributed by atoms with E-state index in [1.165, 1.54) is 7.11 Å². The molecule has 0 radical (unpaired) electrons. The molecule has 0 fully saturated rings. The first kappa shape index (κ1) is 13.8. The number of esters is 1. The Balaban J connectivity index is 2.41. The fourth-order valence-corrected chi connectivity index (χ4v) is 1.97. The van der Waals surface area contributed by atoms with E-state index in [2.05, 4.69) is 4.74 Å². The standard InChI is InChI=1S/C16H14O4/c1-20-16(19)14(10-15(17)18)9-11-6-7-12-4-2-3-5-13(12)8-11/h2-9H,10H2,1H3,(H,17,18). The van der Waals surface area contributed by atoms with Crippen LogP contribution >= 0.6 is 0 Å². The van der Waals surface area contributed by atoms with Crippen molar-refractivity contribution in [3.63, 3.8) is 0 Å². The highest BCUT2D eigenvalue weighted by molar-refractivity contribution is 5.98. The summed E-state index contributed by atoms with van der Waals surface area (Å²) < 4.78 is 4.60. The van der Waals surface area contributed by atoms with Gasteiger partial charge in [0.2, 0.25) is 0 Å². The first-order valence-corrected chi connectivity index (χ1v) is 6.09. The average Bonchev–Trinajstić information content (AvgIpc) is 2.45. The molecule has 4 nitrogen and oxygen atoms in total. The number of fused-ring (bicyclic) bond motifs is 1. The van der Waals surface area contributed by atoms with Gasteiger partial charge < -0.3 is 9.84 Å². The van der Waals surface area contributed by atoms with E-state index in [1.807, 2.05) is 42.5 Å². The molecule has 0 saturated heterocycles. The van der Waals surface area contributed by atoms with Crippen molar-refractivity contribution in [2.45, 2.75) is 6.42 Å². The molecule has 20 heavy (non-hydrogen) atoms. The molecule has 102 valence electrons. The minimum atomic E-state index is -1.07. The molecule has 0 heterocycles. The molecule has 0 saturated carbocycles. The molecule has 0 aromatic heterocycles. The molecule has 0 bridgehead atoms. The molecule has 0 aliphatic carbocycles. The summed E-state index contributed by atoms with van der Waals surface area (Å²) in [5, 5.41) is 10.9. The lowest BCUT2D eigenvalue weighted by Crippen LogP contribution is -2.09. The number of carboxylic acids is 1. The zero-order valence-corrected chi connectivity index (χ0v) is 11.0. The normalized spacial score (nSPS) is 11.3. The van der Waals surface area contributed by atoms with Crippen LogP contribution in [-0.4, -0.2) is 24.2 Å². The van der Waals surface area contributed by atoms with Gasteiger partial charge in [-0.1, -0.05) is 36.4 Å². The number of ether oxygens (including phenoxy) is 1. The summed E-state index contributed by atoms with van der Waals surface area (Å²) in [7, 11) is 1.23. The van der Waals surface area contributed by atoms with E-state index >= 15 is 0 Å². The first-order chi connectivity index (χ1) is 9.60. The van der Waals surface area contributed by atoms with Crippen molar-refractivity contribution >= 4 is 28.8 Å². The SMILES string of the molecule is COC(=O)C(=Cc1ccc2ccccc2c1)CC(=O)O. The van der Waals surface area contributed by atoms with Gasteiger partial charge in [-0.15, -0.1) is 0 Å². The average molecular weight is 270 g/mol. The van der Waals surface area contributed by atoms with Crippen LogP contribution in [0.3, 0.4) is 0 Å². The topological polar surface area (TPSA) is 63.6 Å². The smallest absolute Gasteiger partial charge is 0.334 e. The third kappa shape index (κ3) is 3.23. The summed E-state index contributed by atoms with van der Waals surface area (Å²) >= 11 is 0. The molecule has 2 aromatic carbocycles. The molecular formula is C16H14O4. The third-order valence-corrected chi connectivity index (χ3v) is 2.90. The van der Waals surface area contributed by atoms with Crippen LogP contribution in [0.25, 0.3) is 16.8 Å². The molecular weight excluding hydrogens is 256 g/mol. The van der Waals surface area contributed by atoms with Crippen molar-refractivity contribution in [2.75, 3.05) is 7.11 Å². The molecule has 0 aliphatic rings. The minimum absolute atomic E-state index is 0.121. The summed E-state index contributed by atoms with van der Waals surface area (Å²) in [6.45, 7) is 0. The molecule has 0 spiro atoms. The van der Waals surface area contributed by atoms with Crippen LogP contribution in [-0.2, 0) is 14.3 Å². The Morgan fingerprint density at radius 3 is 2.50 bits per heavy atom. The van der Waals surface area contributed by atoms with E-state index in [-0.39, 0.29) is 12.0 Å². The van der Waals surface area contributed by atoms with Crippen LogP contribution in [0, 0.1) is 0 Å². The van der Waals surface area contributed by atoms with Gasteiger partial charge in [0.15, 0.2) is 0 Å². The highest BCUT2D eigenvalue weighted by atomic mass is 16.5. The van der Waals surface area contributed by atoms with E-state index in [0.717, 1.165) is 16.3 Å². The lowest BCUT2D eigenvalue weighted by atomic mass is 10.0. The van der Waals surface area contributed by atoms with Gasteiger partial charge in [0.1, 0.15) is 0 Å². The molecule has 0 aliphatic heterocycles. The van der Waals surface area contributed by atoms with Crippen LogP contribution in [0.5, 0.6) is 0 Å². The number of carbonyl (C=O) groups is 2. The van der Waals surface area contributed by atoms with E-state index in [1.54, 1.807) is 6.08 Å². The van der Waals surface area contributed by atoms with E-state index in [4.69, 9.17) is 5.11 Å². The molecule has 0 unspecified atom stereocenters. The molecule has 2 aromatic rings. The summed E-state index contributed by atoms with van der Waals surface area (Å²) in [6, 6.07) is 13.5. The van der Waals surface area contributed by atoms with Crippen LogP contribution in [0.15, 0.2) is 48.0 Å². The van der Waals surface area contributed by atoms with E-state index in [0.29, 0.717) is 0 Å². The Labute approximate surface area is 116 Å². The Bertz CT molecular complexity index is 686. The van der Waals surface area contributed by atoms with Gasteiger partial charge in [-0.3, -0.25) is 4.79 Å². The van der Waals surface area contributed by atoms with Crippen molar-refractivity contribution in [1.29, 1.82) is 0 Å². The van der Waals surface area contributed by atoms with Crippen molar-refractivity contribution in [2.24, 2.45) is 0 Å². The van der Waals surface area contributed by atoms with Crippen LogP contribution in [0.1, 0.15) is 12.0 Å². The quantitative estimate of drug-likeness (QED) is 0.685. The monoisotopic (exact) mass is 270 g/mol. The first-order valence-electron chi connectivity index (χ1n) is 6.09. The summed E-state index contributed by atoms with van der Waals surface area (Å²) in [4.78, 5) is 22.3. The second-order valence-electron chi connectivity index (χ2n) is 4.34. The van der Waals surface area contributed by atoms with Gasteiger partial charge in [-0.05, 0) is 28.5 Å². The largest absolute Gasteiger partial charge is 0.481 e. The predicted octanol–water partition coefficient (Wildman–Crippen LogP) is 2.87. The van der Waals surface area contributed by atoms with Crippen LogP contribution in [0.4, 0.5) is 0 Å². The van der Waals surface area contributed by atoms with Gasteiger partial charge in [0.05, 0.1) is 13.5 Å². The molecule has 0 amide bonds. The second kappa shape index (κ2) is 6.02. The highest BCUT2D eigenvalue weighted by Gasteiger charge is 2.13. The Hall–Kier alpha value is -2.62. The molecule has 2 rings (SSSR count). The number of carboxylic acid groups (broad SMARTS) is 1. The van der Waals surface area contributed by atoms with Crippen molar-refractivity contribution in [1.82, 2.24) is 0 Å². The maximum atomic E-state index is 11.6. The number of carbonyl (C=O) groups excluding carboxylic acids is 1. The zero-order chi connectivity index (χ0) is 14.5. The fourth-order valence-electron chi connectivity index (χ4n) is 1.97. The van der Waals surface area contributed by atoms with E-state index in [9.17, 15) is 9.59 Å². The number of benzene rings is 2. The molecule has 1 N–H and O–H groups in total. The predicted molar refractivity (Wildman–Crippen MR) is 76.2 cm³/mol. The van der Waals surface area contributed by atoms with Gasteiger partial charge >= 0.3 is 11.9 Å². The maximum absolute atomic E-state index is 11.6. The Morgan fingerprint density at radius 1 is 1.15 bits per heavy atom. The molecule has 4 heteroatoms. The Morgan fingerprint density at radius 2 is 1.85 bits per heavy atom. The van der Waals surface area contributed by atoms with Gasteiger partial charge in [-0.2, -0.15) is 0 Å². The van der Waals surface area contributed by atoms with Crippen LogP contribution in [0.2, 0.25) is 0 Å².